The summed E-state index contributed by atoms with van der Waals surface area (Å²) in [5.41, 5.74) is 0. The summed E-state index contributed by atoms with van der Waals surface area (Å²) in [5.74, 6) is -0.468. The molecule has 1 aliphatic heterocycles. The van der Waals surface area contributed by atoms with Crippen LogP contribution in [-0.2, 0) is 9.59 Å². The predicted molar refractivity (Wildman–Crippen MR) is 39.6 cm³/mol. The molecule has 4 heteroatoms. The first-order valence-electron chi connectivity index (χ1n) is 3.80. The fourth-order valence-corrected chi connectivity index (χ4v) is 1.69. The molecule has 1 N–H and O–H groups in total. The smallest absolute Gasteiger partial charge is 1.00 e. The molecular weight excluding hydrogens is 165 g/mol. The first kappa shape index (κ1) is 9.96. The SMILES string of the molecule is O=C1NC(=O)C2CCC=CC12.[H-].[Na+]. The second-order valence-electron chi connectivity index (χ2n) is 2.99. The topological polar surface area (TPSA) is 46.2 Å². The van der Waals surface area contributed by atoms with Crippen molar-refractivity contribution in [1.82, 2.24) is 5.32 Å². The summed E-state index contributed by atoms with van der Waals surface area (Å²) in [6.45, 7) is 0. The molecule has 3 nitrogen and oxygen atoms in total. The molecule has 0 aromatic heterocycles. The Bertz CT molecular complexity index is 255. The third kappa shape index (κ3) is 1.49. The van der Waals surface area contributed by atoms with Gasteiger partial charge in [0.15, 0.2) is 0 Å². The van der Waals surface area contributed by atoms with E-state index in [0.717, 1.165) is 12.8 Å². The zero-order valence-electron chi connectivity index (χ0n) is 8.04. The van der Waals surface area contributed by atoms with E-state index in [0.29, 0.717) is 0 Å². The molecule has 2 aliphatic rings. The third-order valence-electron chi connectivity index (χ3n) is 2.31. The van der Waals surface area contributed by atoms with Crippen molar-refractivity contribution < 1.29 is 40.6 Å². The van der Waals surface area contributed by atoms with Gasteiger partial charge in [-0.3, -0.25) is 14.9 Å². The molecule has 0 saturated carbocycles. The van der Waals surface area contributed by atoms with E-state index in [1.165, 1.54) is 0 Å². The van der Waals surface area contributed by atoms with Crippen molar-refractivity contribution >= 4 is 11.8 Å². The van der Waals surface area contributed by atoms with Gasteiger partial charge in [0.25, 0.3) is 0 Å². The molecule has 12 heavy (non-hydrogen) atoms. The zero-order chi connectivity index (χ0) is 7.84. The van der Waals surface area contributed by atoms with Crippen molar-refractivity contribution in [3.05, 3.63) is 12.2 Å². The minimum absolute atomic E-state index is 0. The normalized spacial score (nSPS) is 32.3. The first-order valence-corrected chi connectivity index (χ1v) is 3.80. The van der Waals surface area contributed by atoms with Gasteiger partial charge in [0.05, 0.1) is 11.8 Å². The molecule has 1 aliphatic carbocycles. The maximum Gasteiger partial charge on any atom is 1.00 e. The number of amides is 2. The summed E-state index contributed by atoms with van der Waals surface area (Å²) >= 11 is 0. The minimum Gasteiger partial charge on any atom is -1.00 e. The zero-order valence-corrected chi connectivity index (χ0v) is 9.04. The van der Waals surface area contributed by atoms with Crippen LogP contribution < -0.4 is 34.9 Å². The van der Waals surface area contributed by atoms with Gasteiger partial charge in [0.2, 0.25) is 11.8 Å². The van der Waals surface area contributed by atoms with Gasteiger partial charge in [-0.1, -0.05) is 12.2 Å². The van der Waals surface area contributed by atoms with Crippen molar-refractivity contribution in [2.45, 2.75) is 12.8 Å². The quantitative estimate of drug-likeness (QED) is 0.248. The van der Waals surface area contributed by atoms with Gasteiger partial charge in [-0.15, -0.1) is 0 Å². The molecule has 0 aromatic carbocycles. The summed E-state index contributed by atoms with van der Waals surface area (Å²) in [6.07, 6.45) is 5.55. The molecule has 2 rings (SSSR count). The van der Waals surface area contributed by atoms with Gasteiger partial charge in [0.1, 0.15) is 0 Å². The van der Waals surface area contributed by atoms with Crippen LogP contribution in [0.15, 0.2) is 12.2 Å². The third-order valence-corrected chi connectivity index (χ3v) is 2.31. The van der Waals surface area contributed by atoms with Crippen molar-refractivity contribution in [2.24, 2.45) is 11.8 Å². The minimum atomic E-state index is -0.170. The second-order valence-corrected chi connectivity index (χ2v) is 2.99. The Hall–Kier alpha value is -0.120. The predicted octanol–water partition coefficient (Wildman–Crippen LogP) is -2.66. The van der Waals surface area contributed by atoms with Crippen molar-refractivity contribution in [2.75, 3.05) is 0 Å². The van der Waals surface area contributed by atoms with Crippen LogP contribution in [0.2, 0.25) is 0 Å². The molecule has 0 aromatic rings. The van der Waals surface area contributed by atoms with Crippen molar-refractivity contribution in [3.63, 3.8) is 0 Å². The van der Waals surface area contributed by atoms with E-state index in [4.69, 9.17) is 0 Å². The van der Waals surface area contributed by atoms with Crippen molar-refractivity contribution in [1.29, 1.82) is 0 Å². The number of nitrogens with one attached hydrogen (secondary N) is 1. The van der Waals surface area contributed by atoms with Gasteiger partial charge in [-0.05, 0) is 12.8 Å². The molecule has 0 bridgehead atoms. The van der Waals surface area contributed by atoms with Crippen LogP contribution in [0, 0.1) is 11.8 Å². The van der Waals surface area contributed by atoms with Crippen LogP contribution in [-0.4, -0.2) is 11.8 Å². The molecule has 1 saturated heterocycles. The molecule has 0 radical (unpaired) electrons. The van der Waals surface area contributed by atoms with Crippen LogP contribution in [0.1, 0.15) is 14.3 Å². The Kier molecular flexibility index (Phi) is 3.09. The summed E-state index contributed by atoms with van der Waals surface area (Å²) in [4.78, 5) is 22.1. The van der Waals surface area contributed by atoms with E-state index in [-0.39, 0.29) is 54.6 Å². The Morgan fingerprint density at radius 3 is 2.83 bits per heavy atom. The Morgan fingerprint density at radius 1 is 1.42 bits per heavy atom. The maximum absolute atomic E-state index is 11.1. The van der Waals surface area contributed by atoms with Crippen molar-refractivity contribution in [3.8, 4) is 0 Å². The van der Waals surface area contributed by atoms with Crippen LogP contribution in [0.3, 0.4) is 0 Å². The Balaban J connectivity index is 0.000000720. The van der Waals surface area contributed by atoms with Gasteiger partial charge in [-0.2, -0.15) is 0 Å². The number of hydrogen-bond acceptors (Lipinski definition) is 2. The average molecular weight is 175 g/mol. The van der Waals surface area contributed by atoms with E-state index >= 15 is 0 Å². The van der Waals surface area contributed by atoms with E-state index in [9.17, 15) is 9.59 Å². The summed E-state index contributed by atoms with van der Waals surface area (Å²) in [6, 6.07) is 0. The average Bonchev–Trinajstić information content (AvgIpc) is 2.30. The fraction of sp³-hybridized carbons (Fsp3) is 0.500. The van der Waals surface area contributed by atoms with E-state index < -0.39 is 0 Å². The summed E-state index contributed by atoms with van der Waals surface area (Å²) in [5, 5.41) is 2.33. The summed E-state index contributed by atoms with van der Waals surface area (Å²) in [7, 11) is 0. The number of hydrogen-bond donors (Lipinski definition) is 1. The van der Waals surface area contributed by atoms with Crippen LogP contribution in [0.4, 0.5) is 0 Å². The number of carbonyl (C=O) groups is 2. The maximum atomic E-state index is 11.1. The van der Waals surface area contributed by atoms with Crippen LogP contribution in [0.5, 0.6) is 0 Å². The molecular formula is C8H10NNaO2. The van der Waals surface area contributed by atoms with Crippen LogP contribution >= 0.6 is 0 Å². The van der Waals surface area contributed by atoms with E-state index in [1.807, 2.05) is 12.2 Å². The number of imide groups is 1. The van der Waals surface area contributed by atoms with Gasteiger partial charge in [-0.25, -0.2) is 0 Å². The van der Waals surface area contributed by atoms with Gasteiger partial charge >= 0.3 is 29.6 Å². The number of allylic oxidation sites excluding steroid dienone is 1. The number of rotatable bonds is 0. The second kappa shape index (κ2) is 3.73. The number of fused-ring (bicyclic) bond motifs is 1. The molecule has 0 spiro atoms. The molecule has 2 amide bonds. The van der Waals surface area contributed by atoms with Gasteiger partial charge < -0.3 is 1.43 Å². The Labute approximate surface area is 94.4 Å². The molecule has 2 unspecified atom stereocenters. The molecule has 1 fully saturated rings. The van der Waals surface area contributed by atoms with Gasteiger partial charge in [0, 0.05) is 0 Å². The van der Waals surface area contributed by atoms with Crippen LogP contribution in [0.25, 0.3) is 0 Å². The van der Waals surface area contributed by atoms with E-state index in [1.54, 1.807) is 0 Å². The molecule has 2 atom stereocenters. The molecule has 60 valence electrons. The number of carbonyl (C=O) groups excluding carboxylic acids is 2. The van der Waals surface area contributed by atoms with E-state index in [2.05, 4.69) is 5.32 Å². The molecule has 1 heterocycles. The summed E-state index contributed by atoms with van der Waals surface area (Å²) < 4.78 is 0. The largest absolute Gasteiger partial charge is 1.00 e. The fourth-order valence-electron chi connectivity index (χ4n) is 1.69. The monoisotopic (exact) mass is 175 g/mol. The standard InChI is InChI=1S/C8H9NO2.Na.H/c10-7-5-3-1-2-4-6(5)8(11)9-7;;/h1,3,5-6H,2,4H2,(H,9,10,11);;/q;+1;-1. The first-order chi connectivity index (χ1) is 5.29. The Morgan fingerprint density at radius 2 is 2.17 bits per heavy atom.